The maximum atomic E-state index is 5.95. The molecule has 0 spiro atoms. The molecule has 2 nitrogen and oxygen atoms in total. The van der Waals surface area contributed by atoms with Crippen LogP contribution >= 0.6 is 0 Å². The van der Waals surface area contributed by atoms with Crippen molar-refractivity contribution in [2.24, 2.45) is 5.73 Å². The zero-order valence-electron chi connectivity index (χ0n) is 8.50. The van der Waals surface area contributed by atoms with Crippen molar-refractivity contribution in [2.75, 3.05) is 13.7 Å². The standard InChI is InChI=1S/C11H17NO/c1-8-5-4-6-10(9(8)2)11(12)7-13-3/h4-6,11H,7,12H2,1-3H3. The first-order chi connectivity index (χ1) is 6.16. The summed E-state index contributed by atoms with van der Waals surface area (Å²) < 4.78 is 5.03. The molecule has 1 aromatic carbocycles. The van der Waals surface area contributed by atoms with Crippen LogP contribution in [0.5, 0.6) is 0 Å². The molecule has 2 N–H and O–H groups in total. The highest BCUT2D eigenvalue weighted by Gasteiger charge is 2.08. The van der Waals surface area contributed by atoms with Crippen molar-refractivity contribution in [3.63, 3.8) is 0 Å². The normalized spacial score (nSPS) is 12.9. The monoisotopic (exact) mass is 179 g/mol. The average Bonchev–Trinajstić information content (AvgIpc) is 2.10. The minimum atomic E-state index is -0.00935. The van der Waals surface area contributed by atoms with Crippen molar-refractivity contribution in [2.45, 2.75) is 19.9 Å². The first-order valence-corrected chi connectivity index (χ1v) is 4.47. The van der Waals surface area contributed by atoms with Crippen LogP contribution in [-0.4, -0.2) is 13.7 Å². The molecule has 0 amide bonds. The predicted octanol–water partition coefficient (Wildman–Crippen LogP) is 1.95. The minimum absolute atomic E-state index is 0.00935. The van der Waals surface area contributed by atoms with Gasteiger partial charge >= 0.3 is 0 Å². The minimum Gasteiger partial charge on any atom is -0.383 e. The van der Waals surface area contributed by atoms with Gasteiger partial charge in [-0.2, -0.15) is 0 Å². The van der Waals surface area contributed by atoms with Gasteiger partial charge in [0.1, 0.15) is 0 Å². The molecule has 0 fully saturated rings. The summed E-state index contributed by atoms with van der Waals surface area (Å²) in [6.07, 6.45) is 0. The van der Waals surface area contributed by atoms with E-state index in [9.17, 15) is 0 Å². The zero-order chi connectivity index (χ0) is 9.84. The Morgan fingerprint density at radius 3 is 2.69 bits per heavy atom. The highest BCUT2D eigenvalue weighted by Crippen LogP contribution is 2.18. The molecule has 0 bridgehead atoms. The van der Waals surface area contributed by atoms with Crippen LogP contribution in [0.25, 0.3) is 0 Å². The number of hydrogen-bond donors (Lipinski definition) is 1. The average molecular weight is 179 g/mol. The molecule has 1 aromatic rings. The molecule has 0 aromatic heterocycles. The molecule has 2 heteroatoms. The van der Waals surface area contributed by atoms with Gasteiger partial charge in [0, 0.05) is 7.11 Å². The number of hydrogen-bond acceptors (Lipinski definition) is 2. The van der Waals surface area contributed by atoms with E-state index >= 15 is 0 Å². The third kappa shape index (κ3) is 2.29. The lowest BCUT2D eigenvalue weighted by Gasteiger charge is -2.14. The fourth-order valence-corrected chi connectivity index (χ4v) is 1.44. The SMILES string of the molecule is COCC(N)c1cccc(C)c1C. The van der Waals surface area contributed by atoms with Crippen LogP contribution in [0.1, 0.15) is 22.7 Å². The molecule has 0 aliphatic heterocycles. The molecule has 1 rings (SSSR count). The summed E-state index contributed by atoms with van der Waals surface area (Å²) in [6, 6.07) is 6.18. The van der Waals surface area contributed by atoms with E-state index in [1.807, 2.05) is 6.07 Å². The van der Waals surface area contributed by atoms with E-state index in [2.05, 4.69) is 26.0 Å². The van der Waals surface area contributed by atoms with E-state index in [4.69, 9.17) is 10.5 Å². The maximum absolute atomic E-state index is 5.95. The van der Waals surface area contributed by atoms with Crippen molar-refractivity contribution in [1.82, 2.24) is 0 Å². The second-order valence-corrected chi connectivity index (χ2v) is 3.35. The molecule has 0 heterocycles. The Kier molecular flexibility index (Phi) is 3.46. The largest absolute Gasteiger partial charge is 0.383 e. The van der Waals surface area contributed by atoms with Crippen LogP contribution in [-0.2, 0) is 4.74 Å². The van der Waals surface area contributed by atoms with Gasteiger partial charge in [0.2, 0.25) is 0 Å². The highest BCUT2D eigenvalue weighted by molar-refractivity contribution is 5.35. The topological polar surface area (TPSA) is 35.2 Å². The van der Waals surface area contributed by atoms with Gasteiger partial charge in [-0.15, -0.1) is 0 Å². The molecule has 1 unspecified atom stereocenters. The van der Waals surface area contributed by atoms with E-state index < -0.39 is 0 Å². The van der Waals surface area contributed by atoms with E-state index in [-0.39, 0.29) is 6.04 Å². The van der Waals surface area contributed by atoms with E-state index in [1.165, 1.54) is 16.7 Å². The van der Waals surface area contributed by atoms with Gasteiger partial charge in [-0.3, -0.25) is 0 Å². The third-order valence-electron chi connectivity index (χ3n) is 2.39. The predicted molar refractivity (Wildman–Crippen MR) is 54.7 cm³/mol. The Labute approximate surface area is 79.7 Å². The molecular weight excluding hydrogens is 162 g/mol. The second kappa shape index (κ2) is 4.40. The Bertz CT molecular complexity index is 283. The third-order valence-corrected chi connectivity index (χ3v) is 2.39. The fourth-order valence-electron chi connectivity index (χ4n) is 1.44. The first-order valence-electron chi connectivity index (χ1n) is 4.47. The molecule has 0 aliphatic carbocycles. The molecule has 0 aliphatic rings. The summed E-state index contributed by atoms with van der Waals surface area (Å²) in [5, 5.41) is 0. The Morgan fingerprint density at radius 1 is 1.38 bits per heavy atom. The molecule has 13 heavy (non-hydrogen) atoms. The van der Waals surface area contributed by atoms with Crippen molar-refractivity contribution in [3.05, 3.63) is 34.9 Å². The van der Waals surface area contributed by atoms with Crippen molar-refractivity contribution < 1.29 is 4.74 Å². The van der Waals surface area contributed by atoms with Gasteiger partial charge in [0.15, 0.2) is 0 Å². The van der Waals surface area contributed by atoms with E-state index in [1.54, 1.807) is 7.11 Å². The van der Waals surface area contributed by atoms with Crippen LogP contribution in [0.2, 0.25) is 0 Å². The van der Waals surface area contributed by atoms with Crippen molar-refractivity contribution >= 4 is 0 Å². The number of nitrogens with two attached hydrogens (primary N) is 1. The lowest BCUT2D eigenvalue weighted by Crippen LogP contribution is -2.17. The summed E-state index contributed by atoms with van der Waals surface area (Å²) in [5.41, 5.74) is 9.68. The lowest BCUT2D eigenvalue weighted by atomic mass is 9.98. The number of ether oxygens (including phenoxy) is 1. The molecule has 1 atom stereocenters. The second-order valence-electron chi connectivity index (χ2n) is 3.35. The summed E-state index contributed by atoms with van der Waals surface area (Å²) in [5.74, 6) is 0. The Hall–Kier alpha value is -0.860. The summed E-state index contributed by atoms with van der Waals surface area (Å²) in [4.78, 5) is 0. The fraction of sp³-hybridized carbons (Fsp3) is 0.455. The van der Waals surface area contributed by atoms with Crippen molar-refractivity contribution in [1.29, 1.82) is 0 Å². The first kappa shape index (κ1) is 10.2. The summed E-state index contributed by atoms with van der Waals surface area (Å²) >= 11 is 0. The molecule has 72 valence electrons. The number of aryl methyl sites for hydroxylation is 1. The number of benzene rings is 1. The zero-order valence-corrected chi connectivity index (χ0v) is 8.50. The van der Waals surface area contributed by atoms with Crippen LogP contribution in [0, 0.1) is 13.8 Å². The molecule has 0 saturated carbocycles. The van der Waals surface area contributed by atoms with Gasteiger partial charge in [-0.05, 0) is 30.5 Å². The number of methoxy groups -OCH3 is 1. The van der Waals surface area contributed by atoms with E-state index in [0.717, 1.165) is 0 Å². The quantitative estimate of drug-likeness (QED) is 0.769. The maximum Gasteiger partial charge on any atom is 0.0655 e. The van der Waals surface area contributed by atoms with Gasteiger partial charge in [0.05, 0.1) is 12.6 Å². The Morgan fingerprint density at radius 2 is 2.08 bits per heavy atom. The molecule has 0 saturated heterocycles. The van der Waals surface area contributed by atoms with Gasteiger partial charge in [-0.25, -0.2) is 0 Å². The van der Waals surface area contributed by atoms with Crippen LogP contribution in [0.4, 0.5) is 0 Å². The molecule has 0 radical (unpaired) electrons. The number of rotatable bonds is 3. The summed E-state index contributed by atoms with van der Waals surface area (Å²) in [6.45, 7) is 4.77. The molecular formula is C11H17NO. The van der Waals surface area contributed by atoms with Gasteiger partial charge in [0.25, 0.3) is 0 Å². The highest BCUT2D eigenvalue weighted by atomic mass is 16.5. The van der Waals surface area contributed by atoms with Crippen LogP contribution < -0.4 is 5.73 Å². The summed E-state index contributed by atoms with van der Waals surface area (Å²) in [7, 11) is 1.67. The Balaban J connectivity index is 2.93. The van der Waals surface area contributed by atoms with Crippen LogP contribution in [0.3, 0.4) is 0 Å². The van der Waals surface area contributed by atoms with Crippen molar-refractivity contribution in [3.8, 4) is 0 Å². The smallest absolute Gasteiger partial charge is 0.0655 e. The van der Waals surface area contributed by atoms with Gasteiger partial charge in [-0.1, -0.05) is 18.2 Å². The van der Waals surface area contributed by atoms with Gasteiger partial charge < -0.3 is 10.5 Å². The lowest BCUT2D eigenvalue weighted by molar-refractivity contribution is 0.180. The van der Waals surface area contributed by atoms with E-state index in [0.29, 0.717) is 6.61 Å². The van der Waals surface area contributed by atoms with Crippen LogP contribution in [0.15, 0.2) is 18.2 Å².